The zero-order valence-electron chi connectivity index (χ0n) is 12.9. The smallest absolute Gasteiger partial charge is 0.340 e. The topological polar surface area (TPSA) is 42.1 Å². The quantitative estimate of drug-likeness (QED) is 0.516. The van der Waals surface area contributed by atoms with Crippen molar-refractivity contribution in [1.82, 2.24) is 4.98 Å². The van der Waals surface area contributed by atoms with Gasteiger partial charge in [-0.25, -0.2) is 4.79 Å². The largest absolute Gasteiger partial charge is 0.462 e. The summed E-state index contributed by atoms with van der Waals surface area (Å²) in [7, 11) is 0. The highest BCUT2D eigenvalue weighted by molar-refractivity contribution is 6.03. The minimum atomic E-state index is -0.224. The van der Waals surface area contributed by atoms with Crippen molar-refractivity contribution < 1.29 is 9.53 Å². The van der Waals surface area contributed by atoms with Crippen molar-refractivity contribution in [1.29, 1.82) is 0 Å². The molecule has 0 aliphatic rings. The molecule has 114 valence electrons. The summed E-state index contributed by atoms with van der Waals surface area (Å²) in [6.45, 7) is 2.75. The van der Waals surface area contributed by atoms with Gasteiger partial charge in [0.1, 0.15) is 0 Å². The summed E-state index contributed by atoms with van der Waals surface area (Å²) < 4.78 is 5.36. The van der Waals surface area contributed by atoms with Crippen LogP contribution < -0.4 is 0 Å². The molecule has 1 aromatic carbocycles. The van der Waals surface area contributed by atoms with Crippen LogP contribution in [0.25, 0.3) is 10.9 Å². The Bertz CT molecular complexity index is 559. The Labute approximate surface area is 126 Å². The monoisotopic (exact) mass is 287 g/mol. The van der Waals surface area contributed by atoms with Gasteiger partial charge in [-0.2, -0.15) is 0 Å². The van der Waals surface area contributed by atoms with E-state index < -0.39 is 0 Å². The minimum absolute atomic E-state index is 0.224. The summed E-state index contributed by atoms with van der Waals surface area (Å²) >= 11 is 0. The maximum atomic E-state index is 12.1. The molecule has 0 aliphatic heterocycles. The average molecular weight is 287 g/mol. The maximum absolute atomic E-state index is 12.1. The lowest BCUT2D eigenvalue weighted by atomic mass is 10.1. The molecule has 2 rings (SSSR count). The van der Waals surface area contributed by atoms with Crippen LogP contribution in [-0.2, 0) is 4.74 Å². The Balaban J connectivity index is 1.68. The van der Waals surface area contributed by atoms with Gasteiger partial charge in [0.25, 0.3) is 0 Å². The lowest BCUT2D eigenvalue weighted by Gasteiger charge is -2.04. The molecular formula is C18H25NO2. The molecule has 0 fully saturated rings. The van der Waals surface area contributed by atoms with Gasteiger partial charge >= 0.3 is 5.97 Å². The van der Waals surface area contributed by atoms with Crippen molar-refractivity contribution in [3.05, 3.63) is 36.0 Å². The first-order valence-corrected chi connectivity index (χ1v) is 8.06. The van der Waals surface area contributed by atoms with Gasteiger partial charge in [-0.1, -0.05) is 63.6 Å². The predicted octanol–water partition coefficient (Wildman–Crippen LogP) is 5.08. The molecule has 0 bridgehead atoms. The van der Waals surface area contributed by atoms with E-state index in [4.69, 9.17) is 4.74 Å². The summed E-state index contributed by atoms with van der Waals surface area (Å²) in [6, 6.07) is 7.79. The van der Waals surface area contributed by atoms with Gasteiger partial charge in [-0.05, 0) is 12.5 Å². The Morgan fingerprint density at radius 1 is 1.05 bits per heavy atom. The van der Waals surface area contributed by atoms with Gasteiger partial charge in [0.05, 0.1) is 12.2 Å². The molecule has 0 atom stereocenters. The number of hydrogen-bond donors (Lipinski definition) is 1. The second-order valence-corrected chi connectivity index (χ2v) is 5.51. The van der Waals surface area contributed by atoms with E-state index in [1.165, 1.54) is 32.1 Å². The Morgan fingerprint density at radius 3 is 2.57 bits per heavy atom. The SMILES string of the molecule is CCCCCCCCCOC(=O)c1c[nH]c2ccccc12. The van der Waals surface area contributed by atoms with E-state index in [0.29, 0.717) is 12.2 Å². The van der Waals surface area contributed by atoms with Crippen molar-refractivity contribution in [2.45, 2.75) is 51.9 Å². The number of esters is 1. The third-order valence-electron chi connectivity index (χ3n) is 3.79. The number of H-pyrrole nitrogens is 1. The first kappa shape index (κ1) is 15.6. The molecule has 21 heavy (non-hydrogen) atoms. The lowest BCUT2D eigenvalue weighted by Crippen LogP contribution is -2.05. The molecule has 0 spiro atoms. The standard InChI is InChI=1S/C18H25NO2/c1-2-3-4-5-6-7-10-13-21-18(20)16-14-19-17-12-9-8-11-15(16)17/h8-9,11-12,14,19H,2-7,10,13H2,1H3. The van der Waals surface area contributed by atoms with Crippen LogP contribution in [-0.4, -0.2) is 17.6 Å². The van der Waals surface area contributed by atoms with E-state index in [2.05, 4.69) is 11.9 Å². The number of nitrogens with one attached hydrogen (secondary N) is 1. The van der Waals surface area contributed by atoms with E-state index in [1.807, 2.05) is 24.3 Å². The fraction of sp³-hybridized carbons (Fsp3) is 0.500. The molecule has 0 radical (unpaired) electrons. The summed E-state index contributed by atoms with van der Waals surface area (Å²) in [6.07, 6.45) is 10.3. The molecule has 1 aromatic heterocycles. The zero-order valence-corrected chi connectivity index (χ0v) is 12.9. The fourth-order valence-corrected chi connectivity index (χ4v) is 2.54. The van der Waals surface area contributed by atoms with E-state index >= 15 is 0 Å². The van der Waals surface area contributed by atoms with Crippen LogP contribution >= 0.6 is 0 Å². The van der Waals surface area contributed by atoms with Crippen molar-refractivity contribution >= 4 is 16.9 Å². The molecule has 0 aliphatic carbocycles. The number of carbonyl (C=O) groups excluding carboxylic acids is 1. The Kier molecular flexibility index (Phi) is 6.32. The van der Waals surface area contributed by atoms with Crippen molar-refractivity contribution in [3.63, 3.8) is 0 Å². The number of hydrogen-bond acceptors (Lipinski definition) is 2. The number of fused-ring (bicyclic) bond motifs is 1. The number of ether oxygens (including phenoxy) is 1. The average Bonchev–Trinajstić information content (AvgIpc) is 2.94. The number of aromatic amines is 1. The lowest BCUT2D eigenvalue weighted by molar-refractivity contribution is 0.0500. The minimum Gasteiger partial charge on any atom is -0.462 e. The second-order valence-electron chi connectivity index (χ2n) is 5.51. The van der Waals surface area contributed by atoms with Crippen molar-refractivity contribution in [2.24, 2.45) is 0 Å². The van der Waals surface area contributed by atoms with Gasteiger partial charge < -0.3 is 9.72 Å². The van der Waals surface area contributed by atoms with Gasteiger partial charge in [-0.15, -0.1) is 0 Å². The van der Waals surface area contributed by atoms with Gasteiger partial charge in [0.15, 0.2) is 0 Å². The van der Waals surface area contributed by atoms with Gasteiger partial charge in [0, 0.05) is 17.1 Å². The number of rotatable bonds is 9. The van der Waals surface area contributed by atoms with E-state index in [1.54, 1.807) is 6.20 Å². The third-order valence-corrected chi connectivity index (χ3v) is 3.79. The van der Waals surface area contributed by atoms with Gasteiger partial charge in [0.2, 0.25) is 0 Å². The van der Waals surface area contributed by atoms with E-state index in [-0.39, 0.29) is 5.97 Å². The molecule has 1 N–H and O–H groups in total. The van der Waals surface area contributed by atoms with Gasteiger partial charge in [-0.3, -0.25) is 0 Å². The molecule has 0 unspecified atom stereocenters. The summed E-state index contributed by atoms with van der Waals surface area (Å²) in [5.74, 6) is -0.224. The number of carbonyl (C=O) groups is 1. The maximum Gasteiger partial charge on any atom is 0.340 e. The van der Waals surface area contributed by atoms with Crippen LogP contribution in [0.2, 0.25) is 0 Å². The highest BCUT2D eigenvalue weighted by Crippen LogP contribution is 2.18. The molecule has 0 amide bonds. The van der Waals surface area contributed by atoms with Crippen LogP contribution in [0.3, 0.4) is 0 Å². The highest BCUT2D eigenvalue weighted by Gasteiger charge is 2.12. The predicted molar refractivity (Wildman–Crippen MR) is 86.6 cm³/mol. The summed E-state index contributed by atoms with van der Waals surface area (Å²) in [5.41, 5.74) is 1.61. The summed E-state index contributed by atoms with van der Waals surface area (Å²) in [4.78, 5) is 15.2. The van der Waals surface area contributed by atoms with Crippen molar-refractivity contribution in [3.8, 4) is 0 Å². The molecule has 0 saturated heterocycles. The fourth-order valence-electron chi connectivity index (χ4n) is 2.54. The molecule has 3 heteroatoms. The van der Waals surface area contributed by atoms with Crippen LogP contribution in [0.1, 0.15) is 62.2 Å². The number of benzene rings is 1. The Morgan fingerprint density at radius 2 is 1.76 bits per heavy atom. The number of unbranched alkanes of at least 4 members (excludes halogenated alkanes) is 6. The van der Waals surface area contributed by atoms with Crippen molar-refractivity contribution in [2.75, 3.05) is 6.61 Å². The molecule has 0 saturated carbocycles. The first-order valence-electron chi connectivity index (χ1n) is 8.06. The highest BCUT2D eigenvalue weighted by atomic mass is 16.5. The first-order chi connectivity index (χ1) is 10.3. The third kappa shape index (κ3) is 4.62. The van der Waals surface area contributed by atoms with Crippen LogP contribution in [0, 0.1) is 0 Å². The number of para-hydroxylation sites is 1. The zero-order chi connectivity index (χ0) is 14.9. The molecule has 3 nitrogen and oxygen atoms in total. The second kappa shape index (κ2) is 8.50. The summed E-state index contributed by atoms with van der Waals surface area (Å²) in [5, 5.41) is 0.932. The van der Waals surface area contributed by atoms with E-state index in [9.17, 15) is 4.79 Å². The molecule has 2 aromatic rings. The van der Waals surface area contributed by atoms with Crippen LogP contribution in [0.15, 0.2) is 30.5 Å². The molecular weight excluding hydrogens is 262 g/mol. The number of aromatic nitrogens is 1. The van der Waals surface area contributed by atoms with Crippen LogP contribution in [0.4, 0.5) is 0 Å². The normalized spacial score (nSPS) is 10.9. The molecule has 1 heterocycles. The van der Waals surface area contributed by atoms with Crippen LogP contribution in [0.5, 0.6) is 0 Å². The Hall–Kier alpha value is -1.77. The van der Waals surface area contributed by atoms with E-state index in [0.717, 1.165) is 23.7 Å².